The van der Waals surface area contributed by atoms with Gasteiger partial charge in [0.05, 0.1) is 11.6 Å². The fourth-order valence-corrected chi connectivity index (χ4v) is 1.67. The summed E-state index contributed by atoms with van der Waals surface area (Å²) >= 11 is 3.12. The van der Waals surface area contributed by atoms with Gasteiger partial charge in [0.25, 0.3) is 0 Å². The minimum absolute atomic E-state index is 0.270. The van der Waals surface area contributed by atoms with Gasteiger partial charge in [0.2, 0.25) is 0 Å². The summed E-state index contributed by atoms with van der Waals surface area (Å²) in [5.41, 5.74) is 0.0880. The Balaban J connectivity index is 2.82. The van der Waals surface area contributed by atoms with E-state index in [2.05, 4.69) is 30.7 Å². The molecule has 0 spiro atoms. The molecular formula is C8H5BrFN3O2. The van der Waals surface area contributed by atoms with Gasteiger partial charge < -0.3 is 4.74 Å². The number of pyridine rings is 1. The number of esters is 1. The lowest BCUT2D eigenvalue weighted by atomic mass is 10.3. The lowest BCUT2D eigenvalue weighted by Crippen LogP contribution is -2.12. The first-order valence-corrected chi connectivity index (χ1v) is 4.70. The molecule has 0 bridgehead atoms. The van der Waals surface area contributed by atoms with Crippen LogP contribution in [-0.4, -0.2) is 27.7 Å². The van der Waals surface area contributed by atoms with E-state index >= 15 is 0 Å². The molecule has 78 valence electrons. The molecule has 0 aliphatic rings. The van der Waals surface area contributed by atoms with Gasteiger partial charge in [0.1, 0.15) is 6.33 Å². The molecule has 2 aromatic rings. The minimum atomic E-state index is -0.796. The first-order chi connectivity index (χ1) is 7.15. The van der Waals surface area contributed by atoms with Crippen molar-refractivity contribution in [3.8, 4) is 0 Å². The molecule has 2 aromatic heterocycles. The standard InChI is InChI=1S/C8H5BrFN3O2/c1-15-8(14)6-5(10)2-4(9)7-11-3-12-13(6)7/h2-3H,1H3. The summed E-state index contributed by atoms with van der Waals surface area (Å²) in [5, 5.41) is 3.74. The average molecular weight is 274 g/mol. The van der Waals surface area contributed by atoms with Crippen LogP contribution in [0.25, 0.3) is 5.65 Å². The fourth-order valence-electron chi connectivity index (χ4n) is 1.19. The van der Waals surface area contributed by atoms with Gasteiger partial charge in [-0.05, 0) is 22.0 Å². The maximum Gasteiger partial charge on any atom is 0.359 e. The number of hydrogen-bond donors (Lipinski definition) is 0. The monoisotopic (exact) mass is 273 g/mol. The number of methoxy groups -OCH3 is 1. The van der Waals surface area contributed by atoms with E-state index in [4.69, 9.17) is 0 Å². The van der Waals surface area contributed by atoms with Crippen LogP contribution in [0.5, 0.6) is 0 Å². The summed E-state index contributed by atoms with van der Waals surface area (Å²) in [6, 6.07) is 1.15. The number of ether oxygens (including phenoxy) is 1. The molecule has 2 heterocycles. The second-order valence-corrected chi connectivity index (χ2v) is 3.53. The Kier molecular flexibility index (Phi) is 2.39. The van der Waals surface area contributed by atoms with E-state index in [1.807, 2.05) is 0 Å². The number of fused-ring (bicyclic) bond motifs is 1. The Bertz CT molecular complexity index is 540. The molecule has 0 unspecified atom stereocenters. The zero-order chi connectivity index (χ0) is 11.0. The van der Waals surface area contributed by atoms with Gasteiger partial charge in [-0.2, -0.15) is 5.10 Å². The molecule has 5 nitrogen and oxygen atoms in total. The summed E-state index contributed by atoms with van der Waals surface area (Å²) in [6.45, 7) is 0. The molecule has 15 heavy (non-hydrogen) atoms. The van der Waals surface area contributed by atoms with Gasteiger partial charge in [-0.1, -0.05) is 0 Å². The summed E-state index contributed by atoms with van der Waals surface area (Å²) in [4.78, 5) is 15.2. The molecule has 0 aliphatic carbocycles. The zero-order valence-electron chi connectivity index (χ0n) is 7.57. The van der Waals surface area contributed by atoms with Gasteiger partial charge in [-0.25, -0.2) is 18.7 Å². The van der Waals surface area contributed by atoms with Crippen molar-refractivity contribution in [2.45, 2.75) is 0 Å². The number of hydrogen-bond acceptors (Lipinski definition) is 4. The quantitative estimate of drug-likeness (QED) is 0.738. The van der Waals surface area contributed by atoms with Crippen LogP contribution >= 0.6 is 15.9 Å². The van der Waals surface area contributed by atoms with Crippen LogP contribution in [0.1, 0.15) is 10.5 Å². The van der Waals surface area contributed by atoms with E-state index in [0.717, 1.165) is 10.6 Å². The summed E-state index contributed by atoms with van der Waals surface area (Å²) in [5.74, 6) is -1.51. The van der Waals surface area contributed by atoms with Crippen molar-refractivity contribution in [1.29, 1.82) is 0 Å². The highest BCUT2D eigenvalue weighted by Gasteiger charge is 2.19. The first kappa shape index (κ1) is 10.0. The SMILES string of the molecule is COC(=O)c1c(F)cc(Br)c2ncnn12. The lowest BCUT2D eigenvalue weighted by Gasteiger charge is -2.04. The zero-order valence-corrected chi connectivity index (χ0v) is 9.15. The number of rotatable bonds is 1. The number of halogens is 2. The van der Waals surface area contributed by atoms with Gasteiger partial charge in [-0.3, -0.25) is 0 Å². The smallest absolute Gasteiger partial charge is 0.359 e. The van der Waals surface area contributed by atoms with Crippen LogP contribution in [0.15, 0.2) is 16.9 Å². The normalized spacial score (nSPS) is 10.6. The number of nitrogens with zero attached hydrogens (tertiary/aromatic N) is 3. The lowest BCUT2D eigenvalue weighted by molar-refractivity contribution is 0.0584. The van der Waals surface area contributed by atoms with Crippen molar-refractivity contribution in [3.63, 3.8) is 0 Å². The van der Waals surface area contributed by atoms with E-state index in [-0.39, 0.29) is 5.69 Å². The number of aromatic nitrogens is 3. The van der Waals surface area contributed by atoms with Crippen LogP contribution in [0, 0.1) is 5.82 Å². The van der Waals surface area contributed by atoms with Gasteiger partial charge in [0, 0.05) is 0 Å². The Morgan fingerprint density at radius 1 is 1.67 bits per heavy atom. The maximum absolute atomic E-state index is 13.5. The molecule has 0 N–H and O–H groups in total. The van der Waals surface area contributed by atoms with Crippen molar-refractivity contribution in [2.75, 3.05) is 7.11 Å². The molecule has 0 saturated heterocycles. The average Bonchev–Trinajstić information content (AvgIpc) is 2.66. The van der Waals surface area contributed by atoms with Gasteiger partial charge in [-0.15, -0.1) is 0 Å². The van der Waals surface area contributed by atoms with E-state index in [1.165, 1.54) is 13.4 Å². The molecule has 2 rings (SSSR count). The van der Waals surface area contributed by atoms with Crippen molar-refractivity contribution in [3.05, 3.63) is 28.4 Å². The molecule has 0 fully saturated rings. The number of carbonyl (C=O) groups excluding carboxylic acids is 1. The Morgan fingerprint density at radius 2 is 2.40 bits per heavy atom. The predicted octanol–water partition coefficient (Wildman–Crippen LogP) is 1.42. The molecule has 0 radical (unpaired) electrons. The minimum Gasteiger partial charge on any atom is -0.464 e. The molecule has 0 atom stereocenters. The first-order valence-electron chi connectivity index (χ1n) is 3.91. The van der Waals surface area contributed by atoms with Crippen LogP contribution in [-0.2, 0) is 4.74 Å². The molecule has 0 amide bonds. The third kappa shape index (κ3) is 1.48. The molecular weight excluding hydrogens is 269 g/mol. The van der Waals surface area contributed by atoms with Crippen molar-refractivity contribution in [1.82, 2.24) is 14.6 Å². The molecule has 7 heteroatoms. The summed E-state index contributed by atoms with van der Waals surface area (Å²) in [7, 11) is 1.17. The van der Waals surface area contributed by atoms with E-state index in [0.29, 0.717) is 10.1 Å². The van der Waals surface area contributed by atoms with Crippen LogP contribution in [0.4, 0.5) is 4.39 Å². The molecule has 0 aromatic carbocycles. The summed E-state index contributed by atoms with van der Waals surface area (Å²) < 4.78 is 19.4. The third-order valence-electron chi connectivity index (χ3n) is 1.83. The highest BCUT2D eigenvalue weighted by Crippen LogP contribution is 2.20. The Hall–Kier alpha value is -1.50. The summed E-state index contributed by atoms with van der Waals surface area (Å²) in [6.07, 6.45) is 1.23. The van der Waals surface area contributed by atoms with Crippen molar-refractivity contribution >= 4 is 27.5 Å². The second kappa shape index (κ2) is 3.58. The topological polar surface area (TPSA) is 56.5 Å². The van der Waals surface area contributed by atoms with Crippen molar-refractivity contribution < 1.29 is 13.9 Å². The van der Waals surface area contributed by atoms with Crippen molar-refractivity contribution in [2.24, 2.45) is 0 Å². The largest absolute Gasteiger partial charge is 0.464 e. The third-order valence-corrected chi connectivity index (χ3v) is 2.42. The molecule has 0 saturated carbocycles. The van der Waals surface area contributed by atoms with Gasteiger partial charge >= 0.3 is 5.97 Å². The predicted molar refractivity (Wildman–Crippen MR) is 52.0 cm³/mol. The highest BCUT2D eigenvalue weighted by molar-refractivity contribution is 9.10. The van der Waals surface area contributed by atoms with E-state index in [1.54, 1.807) is 0 Å². The Labute approximate surface area is 92.0 Å². The van der Waals surface area contributed by atoms with E-state index < -0.39 is 11.8 Å². The van der Waals surface area contributed by atoms with Gasteiger partial charge in [0.15, 0.2) is 17.2 Å². The van der Waals surface area contributed by atoms with E-state index in [9.17, 15) is 9.18 Å². The fraction of sp³-hybridized carbons (Fsp3) is 0.125. The highest BCUT2D eigenvalue weighted by atomic mass is 79.9. The van der Waals surface area contributed by atoms with Crippen LogP contribution in [0.3, 0.4) is 0 Å². The second-order valence-electron chi connectivity index (χ2n) is 2.68. The number of carbonyl (C=O) groups is 1. The van der Waals surface area contributed by atoms with Crippen LogP contribution in [0.2, 0.25) is 0 Å². The maximum atomic E-state index is 13.5. The molecule has 0 aliphatic heterocycles. The van der Waals surface area contributed by atoms with Crippen LogP contribution < -0.4 is 0 Å². The Morgan fingerprint density at radius 3 is 3.07 bits per heavy atom.